The first-order chi connectivity index (χ1) is 14.8. The van der Waals surface area contributed by atoms with E-state index in [-0.39, 0.29) is 17.7 Å². The Labute approximate surface area is 182 Å². The highest BCUT2D eigenvalue weighted by Crippen LogP contribution is 2.49. The number of hydrogen-bond donors (Lipinski definition) is 1. The summed E-state index contributed by atoms with van der Waals surface area (Å²) < 4.78 is 38.8. The third-order valence-corrected chi connectivity index (χ3v) is 7.11. The normalized spacial score (nSPS) is 26.0. The summed E-state index contributed by atoms with van der Waals surface area (Å²) in [6, 6.07) is 10.1. The smallest absolute Gasteiger partial charge is 0.237 e. The lowest BCUT2D eigenvalue weighted by Gasteiger charge is -2.28. The van der Waals surface area contributed by atoms with Gasteiger partial charge in [0.25, 0.3) is 0 Å². The molecule has 2 saturated carbocycles. The summed E-state index contributed by atoms with van der Waals surface area (Å²) in [5.74, 6) is -0.180. The Kier molecular flexibility index (Phi) is 6.23. The first-order valence-corrected chi connectivity index (χ1v) is 12.6. The van der Waals surface area contributed by atoms with Gasteiger partial charge in [-0.25, -0.2) is 12.8 Å². The molecule has 31 heavy (non-hydrogen) atoms. The van der Waals surface area contributed by atoms with Crippen molar-refractivity contribution in [3.63, 3.8) is 0 Å². The predicted molar refractivity (Wildman–Crippen MR) is 119 cm³/mol. The van der Waals surface area contributed by atoms with Gasteiger partial charge in [0.1, 0.15) is 5.82 Å². The van der Waals surface area contributed by atoms with Crippen LogP contribution < -0.4 is 4.72 Å². The standard InChI is InChI=1S/C24H27FN2O3S/c1-31(29,30)27-24(28)23-14-17-5-2-3-8-21(17)22(23)12-11-20-10-9-18(15-26-20)16-6-4-7-19(25)13-16/h4,6-7,9-13,15,17,21-23H,2-3,5,8,14H2,1H3,(H,27,28)/b12-11+/t17-,21-,22+,23+/m1/s1. The van der Waals surface area contributed by atoms with Crippen LogP contribution in [0.3, 0.4) is 0 Å². The molecule has 4 rings (SSSR count). The first kappa shape index (κ1) is 21.7. The number of carbonyl (C=O) groups is 1. The van der Waals surface area contributed by atoms with Gasteiger partial charge >= 0.3 is 0 Å². The number of allylic oxidation sites excluding steroid dienone is 1. The number of carbonyl (C=O) groups excluding carboxylic acids is 1. The molecule has 0 bridgehead atoms. The Balaban J connectivity index is 1.54. The average Bonchev–Trinajstić information content (AvgIpc) is 3.10. The van der Waals surface area contributed by atoms with Crippen LogP contribution in [0.2, 0.25) is 0 Å². The Morgan fingerprint density at radius 1 is 1.16 bits per heavy atom. The molecule has 1 N–H and O–H groups in total. The van der Waals surface area contributed by atoms with Gasteiger partial charge < -0.3 is 0 Å². The van der Waals surface area contributed by atoms with Crippen LogP contribution in [0.4, 0.5) is 4.39 Å². The number of pyridine rings is 1. The molecule has 7 heteroatoms. The van der Waals surface area contributed by atoms with Gasteiger partial charge in [-0.3, -0.25) is 14.5 Å². The van der Waals surface area contributed by atoms with E-state index in [9.17, 15) is 17.6 Å². The maximum absolute atomic E-state index is 13.5. The summed E-state index contributed by atoms with van der Waals surface area (Å²) in [5.41, 5.74) is 2.35. The fourth-order valence-corrected chi connectivity index (χ4v) is 5.70. The molecule has 1 aromatic heterocycles. The zero-order valence-electron chi connectivity index (χ0n) is 17.5. The summed E-state index contributed by atoms with van der Waals surface area (Å²) in [4.78, 5) is 17.2. The van der Waals surface area contributed by atoms with Crippen molar-refractivity contribution in [2.24, 2.45) is 23.7 Å². The van der Waals surface area contributed by atoms with E-state index >= 15 is 0 Å². The van der Waals surface area contributed by atoms with Gasteiger partial charge in [0.15, 0.2) is 0 Å². The predicted octanol–water partition coefficient (Wildman–Crippen LogP) is 4.42. The average molecular weight is 443 g/mol. The molecule has 0 unspecified atom stereocenters. The van der Waals surface area contributed by atoms with E-state index in [1.165, 1.54) is 18.6 Å². The lowest BCUT2D eigenvalue weighted by Crippen LogP contribution is -2.36. The zero-order valence-corrected chi connectivity index (χ0v) is 18.3. The van der Waals surface area contributed by atoms with Crippen LogP contribution in [-0.4, -0.2) is 25.6 Å². The van der Waals surface area contributed by atoms with Crippen molar-refractivity contribution in [3.8, 4) is 11.1 Å². The van der Waals surface area contributed by atoms with Crippen LogP contribution in [0.1, 0.15) is 37.8 Å². The number of nitrogens with zero attached hydrogens (tertiary/aromatic N) is 1. The molecule has 0 saturated heterocycles. The number of benzene rings is 1. The van der Waals surface area contributed by atoms with Crippen molar-refractivity contribution in [1.82, 2.24) is 9.71 Å². The van der Waals surface area contributed by atoms with Crippen LogP contribution in [0.5, 0.6) is 0 Å². The van der Waals surface area contributed by atoms with Gasteiger partial charge in [0.2, 0.25) is 15.9 Å². The second-order valence-corrected chi connectivity index (χ2v) is 10.5. The highest BCUT2D eigenvalue weighted by atomic mass is 32.2. The fourth-order valence-electron chi connectivity index (χ4n) is 5.19. The third-order valence-electron chi connectivity index (χ3n) is 6.54. The van der Waals surface area contributed by atoms with Crippen LogP contribution in [-0.2, 0) is 14.8 Å². The number of rotatable bonds is 5. The number of halogens is 1. The van der Waals surface area contributed by atoms with Gasteiger partial charge in [-0.1, -0.05) is 43.5 Å². The largest absolute Gasteiger partial charge is 0.274 e. The molecular weight excluding hydrogens is 415 g/mol. The summed E-state index contributed by atoms with van der Waals surface area (Å²) >= 11 is 0. The molecular formula is C24H27FN2O3S. The van der Waals surface area contributed by atoms with E-state index in [2.05, 4.69) is 9.71 Å². The number of hydrogen-bond acceptors (Lipinski definition) is 4. The molecule has 1 amide bonds. The maximum atomic E-state index is 13.5. The molecule has 2 aliphatic rings. The van der Waals surface area contributed by atoms with Crippen molar-refractivity contribution in [2.75, 3.05) is 6.26 Å². The number of fused-ring (bicyclic) bond motifs is 1. The Bertz CT molecular complexity index is 1080. The Hall–Kier alpha value is -2.54. The molecule has 5 nitrogen and oxygen atoms in total. The summed E-state index contributed by atoms with van der Waals surface area (Å²) in [5, 5.41) is 0. The minimum absolute atomic E-state index is 0.00301. The number of amides is 1. The van der Waals surface area contributed by atoms with E-state index in [0.717, 1.165) is 48.8 Å². The van der Waals surface area contributed by atoms with Crippen LogP contribution in [0.15, 0.2) is 48.7 Å². The monoisotopic (exact) mass is 442 g/mol. The van der Waals surface area contributed by atoms with Crippen LogP contribution in [0.25, 0.3) is 17.2 Å². The lowest BCUT2D eigenvalue weighted by atomic mass is 9.77. The molecule has 0 spiro atoms. The summed E-state index contributed by atoms with van der Waals surface area (Å²) in [6.45, 7) is 0. The van der Waals surface area contributed by atoms with Gasteiger partial charge in [0, 0.05) is 17.7 Å². The second kappa shape index (κ2) is 8.91. The number of sulfonamides is 1. The Morgan fingerprint density at radius 3 is 2.68 bits per heavy atom. The lowest BCUT2D eigenvalue weighted by molar-refractivity contribution is -0.123. The molecule has 1 aromatic carbocycles. The van der Waals surface area contributed by atoms with Crippen molar-refractivity contribution >= 4 is 22.0 Å². The highest BCUT2D eigenvalue weighted by Gasteiger charge is 2.46. The second-order valence-electron chi connectivity index (χ2n) is 8.71. The summed E-state index contributed by atoms with van der Waals surface area (Å²) in [7, 11) is -3.58. The van der Waals surface area contributed by atoms with Crippen molar-refractivity contribution in [2.45, 2.75) is 32.1 Å². The molecule has 4 atom stereocenters. The third kappa shape index (κ3) is 5.21. The minimum atomic E-state index is -3.58. The molecule has 2 fully saturated rings. The molecule has 1 heterocycles. The van der Waals surface area contributed by atoms with Crippen molar-refractivity contribution in [1.29, 1.82) is 0 Å². The van der Waals surface area contributed by atoms with Crippen LogP contribution in [0, 0.1) is 29.5 Å². The van der Waals surface area contributed by atoms with Gasteiger partial charge in [-0.15, -0.1) is 0 Å². The van der Waals surface area contributed by atoms with E-state index in [0.29, 0.717) is 11.8 Å². The Morgan fingerprint density at radius 2 is 1.97 bits per heavy atom. The quantitative estimate of drug-likeness (QED) is 0.744. The molecule has 0 aliphatic heterocycles. The molecule has 2 aromatic rings. The van der Waals surface area contributed by atoms with Crippen molar-refractivity contribution in [3.05, 3.63) is 60.2 Å². The molecule has 164 valence electrons. The molecule has 2 aliphatic carbocycles. The van der Waals surface area contributed by atoms with Gasteiger partial charge in [-0.2, -0.15) is 0 Å². The van der Waals surface area contributed by atoms with E-state index in [1.807, 2.05) is 30.4 Å². The van der Waals surface area contributed by atoms with Gasteiger partial charge in [-0.05, 0) is 60.4 Å². The topological polar surface area (TPSA) is 76.1 Å². The number of aromatic nitrogens is 1. The van der Waals surface area contributed by atoms with E-state index in [1.54, 1.807) is 12.3 Å². The van der Waals surface area contributed by atoms with Crippen LogP contribution >= 0.6 is 0 Å². The maximum Gasteiger partial charge on any atom is 0.237 e. The fraction of sp³-hybridized carbons (Fsp3) is 0.417. The highest BCUT2D eigenvalue weighted by molar-refractivity contribution is 7.89. The van der Waals surface area contributed by atoms with Crippen molar-refractivity contribution < 1.29 is 17.6 Å². The van der Waals surface area contributed by atoms with E-state index < -0.39 is 15.9 Å². The van der Waals surface area contributed by atoms with E-state index in [4.69, 9.17) is 0 Å². The zero-order chi connectivity index (χ0) is 22.0. The molecule has 0 radical (unpaired) electrons. The first-order valence-electron chi connectivity index (χ1n) is 10.7. The SMILES string of the molecule is CS(=O)(=O)NC(=O)[C@H]1C[C@H]2CCCC[C@H]2[C@@H]1/C=C/c1ccc(-c2cccc(F)c2)cn1. The summed E-state index contributed by atoms with van der Waals surface area (Å²) in [6.07, 6.45) is 11.9. The number of nitrogens with one attached hydrogen (secondary N) is 1. The minimum Gasteiger partial charge on any atom is -0.274 e. The van der Waals surface area contributed by atoms with Gasteiger partial charge in [0.05, 0.1) is 11.9 Å².